The molecule has 2 aromatic carbocycles. The number of nitrogens with one attached hydrogen (secondary N) is 2. The lowest BCUT2D eigenvalue weighted by atomic mass is 10.1. The largest absolute Gasteiger partial charge is 0.350 e. The molecular formula is C19H17ClN4O. The molecule has 3 rings (SSSR count). The molecule has 1 heterocycles. The number of nitrogens with zero attached hydrogens (tertiary/aromatic N) is 2. The molecule has 2 N–H and O–H groups in total. The minimum Gasteiger partial charge on any atom is -0.350 e. The number of carbonyl (C=O) groups is 1. The number of hydrogen-bond acceptors (Lipinski definition) is 4. The van der Waals surface area contributed by atoms with Crippen LogP contribution in [0.2, 0.25) is 5.02 Å². The van der Waals surface area contributed by atoms with Crippen LogP contribution in [0.1, 0.15) is 21.5 Å². The Morgan fingerprint density at radius 1 is 1.04 bits per heavy atom. The Hall–Kier alpha value is -2.92. The first kappa shape index (κ1) is 16.9. The van der Waals surface area contributed by atoms with E-state index < -0.39 is 0 Å². The molecule has 0 atom stereocenters. The molecule has 126 valence electrons. The van der Waals surface area contributed by atoms with Gasteiger partial charge in [-0.05, 0) is 30.2 Å². The summed E-state index contributed by atoms with van der Waals surface area (Å²) in [4.78, 5) is 20.6. The highest BCUT2D eigenvalue weighted by Crippen LogP contribution is 2.21. The molecule has 0 fully saturated rings. The van der Waals surface area contributed by atoms with Gasteiger partial charge in [0.1, 0.15) is 0 Å². The van der Waals surface area contributed by atoms with Crippen LogP contribution in [-0.2, 0) is 6.54 Å². The molecule has 3 aromatic rings. The molecule has 0 saturated heterocycles. The highest BCUT2D eigenvalue weighted by Gasteiger charge is 2.09. The smallest absolute Gasteiger partial charge is 0.258 e. The van der Waals surface area contributed by atoms with Crippen LogP contribution in [0.3, 0.4) is 0 Å². The lowest BCUT2D eigenvalue weighted by Gasteiger charge is -2.09. The van der Waals surface area contributed by atoms with Crippen LogP contribution < -0.4 is 10.6 Å². The number of benzene rings is 2. The maximum atomic E-state index is 12.2. The first-order chi connectivity index (χ1) is 12.1. The summed E-state index contributed by atoms with van der Waals surface area (Å²) in [6, 6.07) is 15.2. The highest BCUT2D eigenvalue weighted by molar-refractivity contribution is 6.33. The van der Waals surface area contributed by atoms with Gasteiger partial charge < -0.3 is 10.6 Å². The van der Waals surface area contributed by atoms with Gasteiger partial charge in [-0.2, -0.15) is 0 Å². The molecule has 0 aliphatic carbocycles. The molecule has 0 unspecified atom stereocenters. The Morgan fingerprint density at radius 3 is 2.44 bits per heavy atom. The van der Waals surface area contributed by atoms with Gasteiger partial charge in [0.05, 0.1) is 16.3 Å². The molecule has 1 aromatic heterocycles. The zero-order chi connectivity index (χ0) is 17.6. The number of para-hydroxylation sites is 1. The molecule has 25 heavy (non-hydrogen) atoms. The molecule has 0 spiro atoms. The Labute approximate surface area is 151 Å². The molecule has 1 amide bonds. The van der Waals surface area contributed by atoms with Crippen LogP contribution in [0.15, 0.2) is 60.9 Å². The number of rotatable bonds is 5. The molecule has 0 saturated carbocycles. The molecule has 0 radical (unpaired) electrons. The first-order valence-corrected chi connectivity index (χ1v) is 8.17. The van der Waals surface area contributed by atoms with E-state index >= 15 is 0 Å². The minimum atomic E-state index is -0.307. The van der Waals surface area contributed by atoms with Crippen molar-refractivity contribution in [2.24, 2.45) is 0 Å². The zero-order valence-electron chi connectivity index (χ0n) is 13.7. The molecule has 0 bridgehead atoms. The predicted octanol–water partition coefficient (Wildman–Crippen LogP) is 4.30. The number of aromatic nitrogens is 2. The van der Waals surface area contributed by atoms with Gasteiger partial charge in [0.15, 0.2) is 0 Å². The van der Waals surface area contributed by atoms with Crippen LogP contribution in [0.25, 0.3) is 0 Å². The normalized spacial score (nSPS) is 10.3. The summed E-state index contributed by atoms with van der Waals surface area (Å²) in [5.74, 6) is 0.163. The maximum absolute atomic E-state index is 12.2. The van der Waals surface area contributed by atoms with Crippen molar-refractivity contribution in [2.75, 3.05) is 10.6 Å². The third-order valence-electron chi connectivity index (χ3n) is 3.73. The number of aryl methyl sites for hydroxylation is 1. The summed E-state index contributed by atoms with van der Waals surface area (Å²) in [7, 11) is 0. The average molecular weight is 353 g/mol. The van der Waals surface area contributed by atoms with Gasteiger partial charge in [-0.1, -0.05) is 48.0 Å². The van der Waals surface area contributed by atoms with Crippen molar-refractivity contribution in [1.82, 2.24) is 9.97 Å². The number of amides is 1. The van der Waals surface area contributed by atoms with Gasteiger partial charge in [-0.25, -0.2) is 9.97 Å². The fraction of sp³-hybridized carbons (Fsp3) is 0.105. The monoisotopic (exact) mass is 352 g/mol. The predicted molar refractivity (Wildman–Crippen MR) is 99.9 cm³/mol. The first-order valence-electron chi connectivity index (χ1n) is 7.80. The van der Waals surface area contributed by atoms with Crippen molar-refractivity contribution in [3.63, 3.8) is 0 Å². The molecule has 0 aliphatic rings. The van der Waals surface area contributed by atoms with Crippen molar-refractivity contribution in [2.45, 2.75) is 13.5 Å². The van der Waals surface area contributed by atoms with E-state index in [9.17, 15) is 4.79 Å². The third-order valence-corrected chi connectivity index (χ3v) is 4.06. The SMILES string of the molecule is Cc1ccccc1CNc1ncc(C(=O)Nc2ccccc2Cl)cn1. The number of carbonyl (C=O) groups excluding carboxylic acids is 1. The van der Waals surface area contributed by atoms with Crippen LogP contribution in [-0.4, -0.2) is 15.9 Å². The van der Waals surface area contributed by atoms with E-state index in [-0.39, 0.29) is 5.91 Å². The summed E-state index contributed by atoms with van der Waals surface area (Å²) in [5.41, 5.74) is 3.29. The quantitative estimate of drug-likeness (QED) is 0.718. The zero-order valence-corrected chi connectivity index (χ0v) is 14.4. The summed E-state index contributed by atoms with van der Waals surface area (Å²) in [6.07, 6.45) is 2.97. The summed E-state index contributed by atoms with van der Waals surface area (Å²) >= 11 is 6.04. The molecular weight excluding hydrogens is 336 g/mol. The maximum Gasteiger partial charge on any atom is 0.258 e. The molecule has 0 aliphatic heterocycles. The van der Waals surface area contributed by atoms with Gasteiger partial charge in [-0.3, -0.25) is 4.79 Å². The van der Waals surface area contributed by atoms with Crippen LogP contribution >= 0.6 is 11.6 Å². The van der Waals surface area contributed by atoms with Crippen molar-refractivity contribution in [3.8, 4) is 0 Å². The second-order valence-corrected chi connectivity index (χ2v) is 5.92. The Kier molecular flexibility index (Phi) is 5.26. The average Bonchev–Trinajstić information content (AvgIpc) is 2.63. The van der Waals surface area contributed by atoms with Gasteiger partial charge in [0.2, 0.25) is 5.95 Å². The van der Waals surface area contributed by atoms with Gasteiger partial charge >= 0.3 is 0 Å². The number of halogens is 1. The van der Waals surface area contributed by atoms with E-state index in [4.69, 9.17) is 11.6 Å². The minimum absolute atomic E-state index is 0.307. The topological polar surface area (TPSA) is 66.9 Å². The van der Waals surface area contributed by atoms with E-state index in [0.29, 0.717) is 28.8 Å². The van der Waals surface area contributed by atoms with Crippen molar-refractivity contribution in [3.05, 3.63) is 82.6 Å². The second kappa shape index (κ2) is 7.77. The van der Waals surface area contributed by atoms with Crippen LogP contribution in [0.4, 0.5) is 11.6 Å². The van der Waals surface area contributed by atoms with Gasteiger partial charge in [-0.15, -0.1) is 0 Å². The van der Waals surface area contributed by atoms with E-state index in [1.165, 1.54) is 23.5 Å². The van der Waals surface area contributed by atoms with Gasteiger partial charge in [0, 0.05) is 18.9 Å². The second-order valence-electron chi connectivity index (χ2n) is 5.51. The fourth-order valence-corrected chi connectivity index (χ4v) is 2.46. The van der Waals surface area contributed by atoms with E-state index in [1.807, 2.05) is 18.2 Å². The Bertz CT molecular complexity index is 881. The van der Waals surface area contributed by atoms with Crippen LogP contribution in [0.5, 0.6) is 0 Å². The van der Waals surface area contributed by atoms with Crippen molar-refractivity contribution in [1.29, 1.82) is 0 Å². The van der Waals surface area contributed by atoms with Crippen molar-refractivity contribution >= 4 is 29.1 Å². The van der Waals surface area contributed by atoms with E-state index in [1.54, 1.807) is 24.3 Å². The van der Waals surface area contributed by atoms with Crippen LogP contribution in [0, 0.1) is 6.92 Å². The summed E-state index contributed by atoms with van der Waals surface area (Å²) < 4.78 is 0. The number of anilines is 2. The highest BCUT2D eigenvalue weighted by atomic mass is 35.5. The number of hydrogen-bond donors (Lipinski definition) is 2. The third kappa shape index (κ3) is 4.33. The fourth-order valence-electron chi connectivity index (χ4n) is 2.28. The van der Waals surface area contributed by atoms with E-state index in [2.05, 4.69) is 33.6 Å². The molecule has 6 heteroatoms. The van der Waals surface area contributed by atoms with Gasteiger partial charge in [0.25, 0.3) is 5.91 Å². The Balaban J connectivity index is 1.63. The lowest BCUT2D eigenvalue weighted by molar-refractivity contribution is 0.102. The molecule has 5 nitrogen and oxygen atoms in total. The summed E-state index contributed by atoms with van der Waals surface area (Å²) in [5, 5.41) is 6.37. The lowest BCUT2D eigenvalue weighted by Crippen LogP contribution is -2.13. The Morgan fingerprint density at radius 2 is 1.72 bits per heavy atom. The summed E-state index contributed by atoms with van der Waals surface area (Å²) in [6.45, 7) is 2.68. The van der Waals surface area contributed by atoms with Crippen molar-refractivity contribution < 1.29 is 4.79 Å². The van der Waals surface area contributed by atoms with E-state index in [0.717, 1.165) is 0 Å². The standard InChI is InChI=1S/C19H17ClN4O/c1-13-6-2-3-7-14(13)10-21-19-22-11-15(12-23-19)18(25)24-17-9-5-4-8-16(17)20/h2-9,11-12H,10H2,1H3,(H,24,25)(H,21,22,23).